The standard InChI is InChI=1S/C23H25FN4O3/c1-26-7-9-27(10-8-26)14-23(29)28-20(17-5-6-21-22(12-17)31-15-30-21)13-19(25-28)16-3-2-4-18(24)11-16/h2-6,11-12,20H,7-10,13-15H2,1H3/t20-/m0/s1. The van der Waals surface area contributed by atoms with E-state index < -0.39 is 0 Å². The van der Waals surface area contributed by atoms with E-state index in [0.717, 1.165) is 31.7 Å². The van der Waals surface area contributed by atoms with E-state index in [1.165, 1.54) is 12.1 Å². The number of piperazine rings is 1. The van der Waals surface area contributed by atoms with Crippen LogP contribution >= 0.6 is 0 Å². The maximum absolute atomic E-state index is 13.8. The number of likely N-dealkylation sites (N-methyl/N-ethyl adjacent to an activating group) is 1. The molecule has 8 heteroatoms. The molecule has 1 amide bonds. The van der Waals surface area contributed by atoms with Crippen LogP contribution in [0.1, 0.15) is 23.6 Å². The van der Waals surface area contributed by atoms with Crippen LogP contribution in [0.5, 0.6) is 11.5 Å². The van der Waals surface area contributed by atoms with Gasteiger partial charge in [-0.3, -0.25) is 9.69 Å². The summed E-state index contributed by atoms with van der Waals surface area (Å²) in [7, 11) is 2.09. The molecule has 0 unspecified atom stereocenters. The number of amides is 1. The monoisotopic (exact) mass is 424 g/mol. The molecule has 0 spiro atoms. The van der Waals surface area contributed by atoms with E-state index in [0.29, 0.717) is 35.7 Å². The van der Waals surface area contributed by atoms with Gasteiger partial charge in [0.25, 0.3) is 5.91 Å². The Morgan fingerprint density at radius 1 is 1.10 bits per heavy atom. The molecule has 0 radical (unpaired) electrons. The summed E-state index contributed by atoms with van der Waals surface area (Å²) in [5.41, 5.74) is 2.32. The quantitative estimate of drug-likeness (QED) is 0.755. The molecule has 2 aromatic carbocycles. The van der Waals surface area contributed by atoms with Crippen LogP contribution < -0.4 is 9.47 Å². The maximum Gasteiger partial charge on any atom is 0.257 e. The number of halogens is 1. The lowest BCUT2D eigenvalue weighted by atomic mass is 9.98. The maximum atomic E-state index is 13.8. The van der Waals surface area contributed by atoms with Crippen LogP contribution in [0, 0.1) is 5.82 Å². The Balaban J connectivity index is 1.42. The minimum absolute atomic E-state index is 0.0568. The predicted octanol–water partition coefficient (Wildman–Crippen LogP) is 2.48. The number of nitrogens with zero attached hydrogens (tertiary/aromatic N) is 4. The number of fused-ring (bicyclic) bond motifs is 1. The summed E-state index contributed by atoms with van der Waals surface area (Å²) in [5.74, 6) is 0.993. The molecule has 3 aliphatic heterocycles. The summed E-state index contributed by atoms with van der Waals surface area (Å²) in [6.07, 6.45) is 0.511. The molecule has 1 atom stereocenters. The predicted molar refractivity (Wildman–Crippen MR) is 114 cm³/mol. The van der Waals surface area contributed by atoms with Crippen LogP contribution in [0.15, 0.2) is 47.6 Å². The fraction of sp³-hybridized carbons (Fsp3) is 0.391. The molecule has 5 rings (SSSR count). The first-order valence-electron chi connectivity index (χ1n) is 10.5. The largest absolute Gasteiger partial charge is 0.454 e. The van der Waals surface area contributed by atoms with Crippen LogP contribution in [0.3, 0.4) is 0 Å². The summed E-state index contributed by atoms with van der Waals surface area (Å²) in [5, 5.41) is 6.22. The Kier molecular flexibility index (Phi) is 5.33. The average molecular weight is 424 g/mol. The van der Waals surface area contributed by atoms with Crippen LogP contribution in [-0.2, 0) is 4.79 Å². The molecule has 7 nitrogen and oxygen atoms in total. The van der Waals surface area contributed by atoms with Crippen molar-refractivity contribution in [2.75, 3.05) is 46.6 Å². The van der Waals surface area contributed by atoms with Crippen molar-refractivity contribution < 1.29 is 18.7 Å². The number of hydrogen-bond acceptors (Lipinski definition) is 6. The molecule has 0 bridgehead atoms. The van der Waals surface area contributed by atoms with Gasteiger partial charge in [0.1, 0.15) is 5.82 Å². The Bertz CT molecular complexity index is 1020. The first kappa shape index (κ1) is 20.0. The molecule has 1 saturated heterocycles. The van der Waals surface area contributed by atoms with Gasteiger partial charge in [-0.2, -0.15) is 5.10 Å². The van der Waals surface area contributed by atoms with Crippen LogP contribution in [0.25, 0.3) is 0 Å². The van der Waals surface area contributed by atoms with E-state index in [-0.39, 0.29) is 24.6 Å². The number of carbonyl (C=O) groups is 1. The summed E-state index contributed by atoms with van der Waals surface area (Å²) >= 11 is 0. The average Bonchev–Trinajstić information content (AvgIpc) is 3.42. The Hall–Kier alpha value is -2.97. The van der Waals surface area contributed by atoms with Crippen molar-refractivity contribution in [3.63, 3.8) is 0 Å². The van der Waals surface area contributed by atoms with Crippen molar-refractivity contribution in [1.29, 1.82) is 0 Å². The molecular weight excluding hydrogens is 399 g/mol. The van der Waals surface area contributed by atoms with E-state index >= 15 is 0 Å². The first-order chi connectivity index (χ1) is 15.1. The van der Waals surface area contributed by atoms with Crippen molar-refractivity contribution in [3.05, 3.63) is 59.4 Å². The highest BCUT2D eigenvalue weighted by Crippen LogP contribution is 2.39. The fourth-order valence-electron chi connectivity index (χ4n) is 4.23. The van der Waals surface area contributed by atoms with Gasteiger partial charge in [-0.15, -0.1) is 0 Å². The SMILES string of the molecule is CN1CCN(CC(=O)N2N=C(c3cccc(F)c3)C[C@H]2c2ccc3c(c2)OCO3)CC1. The highest BCUT2D eigenvalue weighted by molar-refractivity contribution is 6.03. The third-order valence-electron chi connectivity index (χ3n) is 6.06. The van der Waals surface area contributed by atoms with Crippen molar-refractivity contribution in [2.45, 2.75) is 12.5 Å². The minimum atomic E-state index is -0.318. The van der Waals surface area contributed by atoms with Gasteiger partial charge in [-0.05, 0) is 36.9 Å². The molecule has 0 aliphatic carbocycles. The van der Waals surface area contributed by atoms with E-state index in [4.69, 9.17) is 9.47 Å². The van der Waals surface area contributed by atoms with E-state index in [2.05, 4.69) is 21.9 Å². The van der Waals surface area contributed by atoms with E-state index in [9.17, 15) is 9.18 Å². The second kappa shape index (κ2) is 8.28. The summed E-state index contributed by atoms with van der Waals surface area (Å²) in [4.78, 5) is 17.7. The zero-order chi connectivity index (χ0) is 21.4. The summed E-state index contributed by atoms with van der Waals surface area (Å²) in [6.45, 7) is 4.10. The molecule has 31 heavy (non-hydrogen) atoms. The van der Waals surface area contributed by atoms with E-state index in [1.807, 2.05) is 24.3 Å². The lowest BCUT2D eigenvalue weighted by Crippen LogP contribution is -2.48. The van der Waals surface area contributed by atoms with Crippen molar-refractivity contribution in [2.24, 2.45) is 5.10 Å². The zero-order valence-electron chi connectivity index (χ0n) is 17.5. The lowest BCUT2D eigenvalue weighted by Gasteiger charge is -2.33. The number of benzene rings is 2. The van der Waals surface area contributed by atoms with Gasteiger partial charge in [0.2, 0.25) is 6.79 Å². The van der Waals surface area contributed by atoms with Gasteiger partial charge < -0.3 is 14.4 Å². The van der Waals surface area contributed by atoms with Crippen molar-refractivity contribution >= 4 is 11.6 Å². The lowest BCUT2D eigenvalue weighted by molar-refractivity contribution is -0.134. The summed E-state index contributed by atoms with van der Waals surface area (Å²) < 4.78 is 24.8. The second-order valence-corrected chi connectivity index (χ2v) is 8.21. The molecule has 1 fully saturated rings. The molecule has 162 valence electrons. The number of hydrogen-bond donors (Lipinski definition) is 0. The summed E-state index contributed by atoms with van der Waals surface area (Å²) in [6, 6.07) is 11.8. The van der Waals surface area contributed by atoms with E-state index in [1.54, 1.807) is 11.1 Å². The Labute approximate surface area is 180 Å². The molecule has 2 aromatic rings. The fourth-order valence-corrected chi connectivity index (χ4v) is 4.23. The number of rotatable bonds is 4. The van der Waals surface area contributed by atoms with Gasteiger partial charge in [0, 0.05) is 38.2 Å². The number of ether oxygens (including phenoxy) is 2. The minimum Gasteiger partial charge on any atom is -0.454 e. The number of hydrazone groups is 1. The smallest absolute Gasteiger partial charge is 0.257 e. The van der Waals surface area contributed by atoms with Gasteiger partial charge in [-0.25, -0.2) is 9.40 Å². The van der Waals surface area contributed by atoms with Gasteiger partial charge in [0.15, 0.2) is 11.5 Å². The van der Waals surface area contributed by atoms with Gasteiger partial charge in [-0.1, -0.05) is 18.2 Å². The molecule has 0 N–H and O–H groups in total. The second-order valence-electron chi connectivity index (χ2n) is 8.21. The Morgan fingerprint density at radius 3 is 2.71 bits per heavy atom. The van der Waals surface area contributed by atoms with Crippen molar-refractivity contribution in [3.8, 4) is 11.5 Å². The van der Waals surface area contributed by atoms with Crippen molar-refractivity contribution in [1.82, 2.24) is 14.8 Å². The van der Waals surface area contributed by atoms with Crippen LogP contribution in [0.4, 0.5) is 4.39 Å². The molecular formula is C23H25FN4O3. The molecule has 3 heterocycles. The Morgan fingerprint density at radius 2 is 1.90 bits per heavy atom. The number of carbonyl (C=O) groups excluding carboxylic acids is 1. The zero-order valence-corrected chi connectivity index (χ0v) is 17.5. The first-order valence-corrected chi connectivity index (χ1v) is 10.5. The third kappa shape index (κ3) is 4.13. The molecule has 3 aliphatic rings. The molecule has 0 aromatic heterocycles. The topological polar surface area (TPSA) is 57.6 Å². The van der Waals surface area contributed by atoms with Gasteiger partial charge in [0.05, 0.1) is 18.3 Å². The van der Waals surface area contributed by atoms with Gasteiger partial charge >= 0.3 is 0 Å². The molecule has 0 saturated carbocycles. The van der Waals surface area contributed by atoms with Crippen LogP contribution in [-0.4, -0.2) is 73.0 Å². The third-order valence-corrected chi connectivity index (χ3v) is 6.06. The normalized spacial score (nSPS) is 21.4. The highest BCUT2D eigenvalue weighted by atomic mass is 19.1. The highest BCUT2D eigenvalue weighted by Gasteiger charge is 2.35. The van der Waals surface area contributed by atoms with Crippen LogP contribution in [0.2, 0.25) is 0 Å².